The summed E-state index contributed by atoms with van der Waals surface area (Å²) in [5, 5.41) is 7.01. The molecular formula is C10H11F3N4. The largest absolute Gasteiger partial charge is 0.416 e. The predicted octanol–water partition coefficient (Wildman–Crippen LogP) is 2.03. The first kappa shape index (κ1) is 11.8. The molecule has 0 spiro atoms. The highest BCUT2D eigenvalue weighted by Crippen LogP contribution is 2.29. The van der Waals surface area contributed by atoms with Gasteiger partial charge in [0.15, 0.2) is 11.5 Å². The first-order valence-corrected chi connectivity index (χ1v) is 5.02. The van der Waals surface area contributed by atoms with E-state index in [1.165, 1.54) is 10.7 Å². The van der Waals surface area contributed by atoms with Crippen LogP contribution in [0.25, 0.3) is 5.65 Å². The van der Waals surface area contributed by atoms with Crippen LogP contribution in [0.3, 0.4) is 0 Å². The fraction of sp³-hybridized carbons (Fsp3) is 0.400. The first-order valence-electron chi connectivity index (χ1n) is 5.02. The van der Waals surface area contributed by atoms with Crippen LogP contribution in [-0.2, 0) is 6.18 Å². The summed E-state index contributed by atoms with van der Waals surface area (Å²) in [5.74, 6) is 0.465. The van der Waals surface area contributed by atoms with E-state index < -0.39 is 11.7 Å². The van der Waals surface area contributed by atoms with Crippen LogP contribution in [0.5, 0.6) is 0 Å². The molecule has 0 radical (unpaired) electrons. The molecule has 0 amide bonds. The Hall–Kier alpha value is -1.63. The maximum Gasteiger partial charge on any atom is 0.416 e. The highest BCUT2D eigenvalue weighted by Gasteiger charge is 2.31. The van der Waals surface area contributed by atoms with Gasteiger partial charge >= 0.3 is 6.18 Å². The van der Waals surface area contributed by atoms with Gasteiger partial charge in [-0.15, -0.1) is 5.10 Å². The number of hydrogen-bond donors (Lipinski definition) is 1. The van der Waals surface area contributed by atoms with Crippen LogP contribution in [0.1, 0.15) is 24.4 Å². The number of fused-ring (bicyclic) bond motifs is 1. The van der Waals surface area contributed by atoms with E-state index in [0.29, 0.717) is 5.82 Å². The van der Waals surface area contributed by atoms with Crippen molar-refractivity contribution < 1.29 is 13.2 Å². The van der Waals surface area contributed by atoms with Gasteiger partial charge in [0.1, 0.15) is 0 Å². The standard InChI is InChI=1S/C10H11F3N4/c1-6(14-2)9-15-8-5-7(10(11,12)13)3-4-17(8)16-9/h3-6,14H,1-2H3. The number of pyridine rings is 1. The van der Waals surface area contributed by atoms with Crippen LogP contribution < -0.4 is 5.32 Å². The molecule has 0 aliphatic carbocycles. The van der Waals surface area contributed by atoms with Crippen LogP contribution in [-0.4, -0.2) is 21.6 Å². The average molecular weight is 244 g/mol. The van der Waals surface area contributed by atoms with Crippen molar-refractivity contribution in [2.45, 2.75) is 19.1 Å². The summed E-state index contributed by atoms with van der Waals surface area (Å²) in [6.45, 7) is 1.83. The second-order valence-electron chi connectivity index (χ2n) is 3.70. The molecule has 2 rings (SSSR count). The third kappa shape index (κ3) is 2.23. The van der Waals surface area contributed by atoms with Gasteiger partial charge in [0.2, 0.25) is 0 Å². The van der Waals surface area contributed by atoms with E-state index in [1.807, 2.05) is 6.92 Å². The van der Waals surface area contributed by atoms with Gasteiger partial charge in [-0.05, 0) is 26.1 Å². The lowest BCUT2D eigenvalue weighted by atomic mass is 10.2. The van der Waals surface area contributed by atoms with Crippen molar-refractivity contribution in [3.8, 4) is 0 Å². The predicted molar refractivity (Wildman–Crippen MR) is 55.5 cm³/mol. The summed E-state index contributed by atoms with van der Waals surface area (Å²) in [7, 11) is 1.73. The fourth-order valence-corrected chi connectivity index (χ4v) is 1.39. The molecule has 1 unspecified atom stereocenters. The molecule has 0 aliphatic rings. The average Bonchev–Trinajstić information content (AvgIpc) is 2.69. The number of nitrogens with zero attached hydrogens (tertiary/aromatic N) is 3. The maximum absolute atomic E-state index is 12.5. The Morgan fingerprint density at radius 3 is 2.71 bits per heavy atom. The van der Waals surface area contributed by atoms with E-state index >= 15 is 0 Å². The summed E-state index contributed by atoms with van der Waals surface area (Å²) in [6.07, 6.45) is -3.10. The maximum atomic E-state index is 12.5. The van der Waals surface area contributed by atoms with Gasteiger partial charge in [-0.25, -0.2) is 9.50 Å². The zero-order chi connectivity index (χ0) is 12.6. The van der Waals surface area contributed by atoms with Crippen molar-refractivity contribution in [2.24, 2.45) is 0 Å². The highest BCUT2D eigenvalue weighted by atomic mass is 19.4. The molecule has 0 saturated carbocycles. The molecule has 0 aromatic carbocycles. The summed E-state index contributed by atoms with van der Waals surface area (Å²) < 4.78 is 38.8. The van der Waals surface area contributed by atoms with E-state index in [9.17, 15) is 13.2 Å². The van der Waals surface area contributed by atoms with Crippen LogP contribution in [0.2, 0.25) is 0 Å². The molecule has 1 N–H and O–H groups in total. The second-order valence-corrected chi connectivity index (χ2v) is 3.70. The second kappa shape index (κ2) is 3.99. The van der Waals surface area contributed by atoms with Gasteiger partial charge in [0.05, 0.1) is 11.6 Å². The van der Waals surface area contributed by atoms with Crippen molar-refractivity contribution in [3.63, 3.8) is 0 Å². The van der Waals surface area contributed by atoms with Crippen molar-refractivity contribution in [1.82, 2.24) is 19.9 Å². The Bertz CT molecular complexity index is 532. The Morgan fingerprint density at radius 2 is 2.12 bits per heavy atom. The van der Waals surface area contributed by atoms with Crippen molar-refractivity contribution >= 4 is 5.65 Å². The van der Waals surface area contributed by atoms with Crippen LogP contribution >= 0.6 is 0 Å². The van der Waals surface area contributed by atoms with Crippen molar-refractivity contribution in [1.29, 1.82) is 0 Å². The topological polar surface area (TPSA) is 42.2 Å². The summed E-state index contributed by atoms with van der Waals surface area (Å²) in [6, 6.07) is 1.86. The number of rotatable bonds is 2. The monoisotopic (exact) mass is 244 g/mol. The van der Waals surface area contributed by atoms with Gasteiger partial charge < -0.3 is 5.32 Å². The smallest absolute Gasteiger partial charge is 0.311 e. The Morgan fingerprint density at radius 1 is 1.41 bits per heavy atom. The number of nitrogens with one attached hydrogen (secondary N) is 1. The zero-order valence-corrected chi connectivity index (χ0v) is 9.28. The molecule has 2 aromatic rings. The molecule has 0 bridgehead atoms. The minimum atomic E-state index is -4.36. The molecule has 0 aliphatic heterocycles. The van der Waals surface area contributed by atoms with Crippen LogP contribution in [0.4, 0.5) is 13.2 Å². The SMILES string of the molecule is CNC(C)c1nc2cc(C(F)(F)F)ccn2n1. The lowest BCUT2D eigenvalue weighted by Gasteiger charge is -2.05. The number of halogens is 3. The molecule has 4 nitrogen and oxygen atoms in total. The minimum absolute atomic E-state index is 0.107. The third-order valence-corrected chi connectivity index (χ3v) is 2.50. The quantitative estimate of drug-likeness (QED) is 0.878. The van der Waals surface area contributed by atoms with E-state index in [4.69, 9.17) is 0 Å². The van der Waals surface area contributed by atoms with Crippen LogP contribution in [0.15, 0.2) is 18.3 Å². The Balaban J connectivity index is 2.48. The third-order valence-electron chi connectivity index (χ3n) is 2.50. The molecule has 92 valence electrons. The Labute approximate surface area is 95.5 Å². The molecule has 2 aromatic heterocycles. The number of aromatic nitrogens is 3. The summed E-state index contributed by atoms with van der Waals surface area (Å²) in [4.78, 5) is 4.05. The number of hydrogen-bond acceptors (Lipinski definition) is 3. The van der Waals surface area contributed by atoms with E-state index in [-0.39, 0.29) is 11.7 Å². The van der Waals surface area contributed by atoms with Gasteiger partial charge in [-0.3, -0.25) is 0 Å². The molecule has 2 heterocycles. The van der Waals surface area contributed by atoms with Crippen molar-refractivity contribution in [2.75, 3.05) is 7.05 Å². The number of alkyl halides is 3. The molecule has 0 fully saturated rings. The Kier molecular flexibility index (Phi) is 2.78. The molecular weight excluding hydrogens is 233 g/mol. The van der Waals surface area contributed by atoms with E-state index in [2.05, 4.69) is 15.4 Å². The van der Waals surface area contributed by atoms with E-state index in [1.54, 1.807) is 7.05 Å². The molecule has 1 atom stereocenters. The van der Waals surface area contributed by atoms with E-state index in [0.717, 1.165) is 12.1 Å². The minimum Gasteiger partial charge on any atom is -0.311 e. The first-order chi connectivity index (χ1) is 7.91. The molecule has 17 heavy (non-hydrogen) atoms. The summed E-state index contributed by atoms with van der Waals surface area (Å²) >= 11 is 0. The fourth-order valence-electron chi connectivity index (χ4n) is 1.39. The normalized spacial score (nSPS) is 14.2. The van der Waals surface area contributed by atoms with Gasteiger partial charge in [-0.1, -0.05) is 0 Å². The van der Waals surface area contributed by atoms with Crippen LogP contribution in [0, 0.1) is 0 Å². The summed E-state index contributed by atoms with van der Waals surface area (Å²) in [5.41, 5.74) is -0.530. The van der Waals surface area contributed by atoms with Gasteiger partial charge in [0, 0.05) is 6.20 Å². The van der Waals surface area contributed by atoms with Gasteiger partial charge in [0.25, 0.3) is 0 Å². The molecule has 7 heteroatoms. The highest BCUT2D eigenvalue weighted by molar-refractivity contribution is 5.41. The molecule has 0 saturated heterocycles. The van der Waals surface area contributed by atoms with Crippen molar-refractivity contribution in [3.05, 3.63) is 29.7 Å². The van der Waals surface area contributed by atoms with Gasteiger partial charge in [-0.2, -0.15) is 13.2 Å². The lowest BCUT2D eigenvalue weighted by molar-refractivity contribution is -0.137. The lowest BCUT2D eigenvalue weighted by Crippen LogP contribution is -2.13. The zero-order valence-electron chi connectivity index (χ0n) is 9.28.